The highest BCUT2D eigenvalue weighted by atomic mass is 16.5. The first kappa shape index (κ1) is 17.1. The molecule has 1 aliphatic rings. The minimum Gasteiger partial charge on any atom is -0.466 e. The zero-order valence-electron chi connectivity index (χ0n) is 14.7. The number of ether oxygens (including phenoxy) is 1. The molecule has 1 amide bonds. The molecule has 1 aliphatic heterocycles. The van der Waals surface area contributed by atoms with Crippen molar-refractivity contribution in [2.45, 2.75) is 26.7 Å². The first-order chi connectivity index (χ1) is 12.0. The van der Waals surface area contributed by atoms with Crippen LogP contribution in [0.5, 0.6) is 0 Å². The average Bonchev–Trinajstić information content (AvgIpc) is 3.23. The molecule has 3 rings (SSSR count). The van der Waals surface area contributed by atoms with Crippen molar-refractivity contribution in [2.75, 3.05) is 30.4 Å². The highest BCUT2D eigenvalue weighted by molar-refractivity contribution is 6.07. The minimum absolute atomic E-state index is 0.253. The maximum atomic E-state index is 12.7. The number of furan rings is 1. The number of hydrogen-bond acceptors (Lipinski definition) is 5. The molecule has 2 heterocycles. The smallest absolute Gasteiger partial charge is 0.337 e. The molecule has 2 aromatic rings. The van der Waals surface area contributed by atoms with Crippen LogP contribution in [0.25, 0.3) is 0 Å². The topological polar surface area (TPSA) is 71.8 Å². The molecule has 1 N–H and O–H groups in total. The molecular weight excluding hydrogens is 320 g/mol. The number of methoxy groups -OCH3 is 1. The third-order valence-corrected chi connectivity index (χ3v) is 4.40. The van der Waals surface area contributed by atoms with Gasteiger partial charge in [-0.1, -0.05) is 0 Å². The number of esters is 1. The van der Waals surface area contributed by atoms with Crippen molar-refractivity contribution in [2.24, 2.45) is 0 Å². The Bertz CT molecular complexity index is 804. The molecule has 0 unspecified atom stereocenters. The van der Waals surface area contributed by atoms with Crippen LogP contribution in [0.1, 0.15) is 45.1 Å². The molecule has 0 bridgehead atoms. The van der Waals surface area contributed by atoms with Gasteiger partial charge < -0.3 is 19.4 Å². The summed E-state index contributed by atoms with van der Waals surface area (Å²) in [5, 5.41) is 2.93. The van der Waals surface area contributed by atoms with Crippen LogP contribution >= 0.6 is 0 Å². The number of nitrogens with zero attached hydrogens (tertiary/aromatic N) is 1. The summed E-state index contributed by atoms with van der Waals surface area (Å²) in [4.78, 5) is 26.7. The summed E-state index contributed by atoms with van der Waals surface area (Å²) in [6.45, 7) is 5.43. The summed E-state index contributed by atoms with van der Waals surface area (Å²) in [5.41, 5.74) is 2.42. The van der Waals surface area contributed by atoms with E-state index in [4.69, 9.17) is 9.15 Å². The fourth-order valence-corrected chi connectivity index (χ4v) is 3.16. The van der Waals surface area contributed by atoms with Crippen molar-refractivity contribution < 1.29 is 18.7 Å². The molecule has 0 aliphatic carbocycles. The summed E-state index contributed by atoms with van der Waals surface area (Å²) in [6.07, 6.45) is 2.23. The number of nitrogens with one attached hydrogen (secondary N) is 1. The van der Waals surface area contributed by atoms with E-state index in [1.807, 2.05) is 6.07 Å². The number of benzene rings is 1. The van der Waals surface area contributed by atoms with Crippen molar-refractivity contribution in [3.63, 3.8) is 0 Å². The van der Waals surface area contributed by atoms with Crippen molar-refractivity contribution in [3.8, 4) is 0 Å². The van der Waals surface area contributed by atoms with E-state index in [9.17, 15) is 9.59 Å². The first-order valence-electron chi connectivity index (χ1n) is 8.35. The lowest BCUT2D eigenvalue weighted by Gasteiger charge is -2.22. The van der Waals surface area contributed by atoms with Crippen molar-refractivity contribution in [1.82, 2.24) is 0 Å². The molecular formula is C19H22N2O4. The Morgan fingerprint density at radius 2 is 1.88 bits per heavy atom. The third-order valence-electron chi connectivity index (χ3n) is 4.40. The Labute approximate surface area is 146 Å². The molecule has 0 atom stereocenters. The number of amides is 1. The van der Waals surface area contributed by atoms with Gasteiger partial charge in [0.15, 0.2) is 0 Å². The SMILES string of the molecule is COC(=O)c1ccc(N2CCCC2)c(NC(=O)c2cc(C)oc2C)c1. The number of aryl methyl sites for hydroxylation is 2. The zero-order chi connectivity index (χ0) is 18.0. The van der Waals surface area contributed by atoms with Crippen molar-refractivity contribution in [1.29, 1.82) is 0 Å². The second-order valence-electron chi connectivity index (χ2n) is 6.20. The molecule has 25 heavy (non-hydrogen) atoms. The largest absolute Gasteiger partial charge is 0.466 e. The van der Waals surface area contributed by atoms with E-state index in [-0.39, 0.29) is 5.91 Å². The maximum Gasteiger partial charge on any atom is 0.337 e. The average molecular weight is 342 g/mol. The van der Waals surface area contributed by atoms with E-state index in [0.717, 1.165) is 31.6 Å². The molecule has 1 fully saturated rings. The number of rotatable bonds is 4. The fraction of sp³-hybridized carbons (Fsp3) is 0.368. The van der Waals surface area contributed by atoms with Crippen LogP contribution in [0.4, 0.5) is 11.4 Å². The van der Waals surface area contributed by atoms with Gasteiger partial charge in [-0.25, -0.2) is 4.79 Å². The summed E-state index contributed by atoms with van der Waals surface area (Å²) >= 11 is 0. The lowest BCUT2D eigenvalue weighted by atomic mass is 10.1. The van der Waals surface area contributed by atoms with Gasteiger partial charge in [0.2, 0.25) is 0 Å². The molecule has 0 radical (unpaired) electrons. The summed E-state index contributed by atoms with van der Waals surface area (Å²) in [6, 6.07) is 6.97. The lowest BCUT2D eigenvalue weighted by molar-refractivity contribution is 0.0600. The fourth-order valence-electron chi connectivity index (χ4n) is 3.16. The number of anilines is 2. The Kier molecular flexibility index (Phi) is 4.79. The molecule has 6 nitrogen and oxygen atoms in total. The summed E-state index contributed by atoms with van der Waals surface area (Å²) in [5.74, 6) is 0.572. The highest BCUT2D eigenvalue weighted by Crippen LogP contribution is 2.31. The minimum atomic E-state index is -0.432. The predicted molar refractivity (Wildman–Crippen MR) is 95.4 cm³/mol. The summed E-state index contributed by atoms with van der Waals surface area (Å²) in [7, 11) is 1.34. The molecule has 1 saturated heterocycles. The van der Waals surface area contributed by atoms with Crippen LogP contribution in [-0.4, -0.2) is 32.1 Å². The van der Waals surface area contributed by atoms with E-state index in [0.29, 0.717) is 28.3 Å². The standard InChI is InChI=1S/C19H22N2O4/c1-12-10-15(13(2)25-12)18(22)20-16-11-14(19(23)24-3)6-7-17(16)21-8-4-5-9-21/h6-7,10-11H,4-5,8-9H2,1-3H3,(H,20,22). The van der Waals surface area contributed by atoms with Gasteiger partial charge in [0.05, 0.1) is 29.6 Å². The Morgan fingerprint density at radius 3 is 2.48 bits per heavy atom. The molecule has 1 aromatic heterocycles. The van der Waals surface area contributed by atoms with Crippen LogP contribution in [0.15, 0.2) is 28.7 Å². The summed E-state index contributed by atoms with van der Waals surface area (Å²) < 4.78 is 10.2. The monoisotopic (exact) mass is 342 g/mol. The molecule has 0 saturated carbocycles. The van der Waals surface area contributed by atoms with Gasteiger partial charge in [-0.2, -0.15) is 0 Å². The Hall–Kier alpha value is -2.76. The second-order valence-corrected chi connectivity index (χ2v) is 6.20. The third kappa shape index (κ3) is 3.52. The Balaban J connectivity index is 1.94. The van der Waals surface area contributed by atoms with E-state index in [1.54, 1.807) is 32.0 Å². The number of hydrogen-bond donors (Lipinski definition) is 1. The second kappa shape index (κ2) is 7.01. The molecule has 6 heteroatoms. The predicted octanol–water partition coefficient (Wildman–Crippen LogP) is 3.54. The molecule has 132 valence electrons. The van der Waals surface area contributed by atoms with Gasteiger partial charge in [-0.05, 0) is 51.0 Å². The van der Waals surface area contributed by atoms with Gasteiger partial charge in [-0.3, -0.25) is 4.79 Å². The van der Waals surface area contributed by atoms with E-state index < -0.39 is 5.97 Å². The van der Waals surface area contributed by atoms with Crippen LogP contribution in [0.2, 0.25) is 0 Å². The highest BCUT2D eigenvalue weighted by Gasteiger charge is 2.21. The number of carbonyl (C=O) groups excluding carboxylic acids is 2. The Morgan fingerprint density at radius 1 is 1.16 bits per heavy atom. The van der Waals surface area contributed by atoms with Crippen molar-refractivity contribution in [3.05, 3.63) is 46.9 Å². The van der Waals surface area contributed by atoms with Gasteiger partial charge in [0.25, 0.3) is 5.91 Å². The number of carbonyl (C=O) groups is 2. The van der Waals surface area contributed by atoms with Crippen molar-refractivity contribution >= 4 is 23.3 Å². The van der Waals surface area contributed by atoms with E-state index >= 15 is 0 Å². The van der Waals surface area contributed by atoms with Gasteiger partial charge >= 0.3 is 5.97 Å². The first-order valence-corrected chi connectivity index (χ1v) is 8.35. The maximum absolute atomic E-state index is 12.7. The zero-order valence-corrected chi connectivity index (χ0v) is 14.7. The van der Waals surface area contributed by atoms with E-state index in [1.165, 1.54) is 7.11 Å². The normalized spacial score (nSPS) is 13.8. The van der Waals surface area contributed by atoms with Gasteiger partial charge in [0, 0.05) is 13.1 Å². The lowest BCUT2D eigenvalue weighted by Crippen LogP contribution is -2.21. The molecule has 1 aromatic carbocycles. The van der Waals surface area contributed by atoms with Crippen LogP contribution in [0.3, 0.4) is 0 Å². The van der Waals surface area contributed by atoms with Gasteiger partial charge in [-0.15, -0.1) is 0 Å². The molecule has 0 spiro atoms. The van der Waals surface area contributed by atoms with Crippen LogP contribution in [-0.2, 0) is 4.74 Å². The van der Waals surface area contributed by atoms with E-state index in [2.05, 4.69) is 10.2 Å². The van der Waals surface area contributed by atoms with Crippen LogP contribution in [0, 0.1) is 13.8 Å². The van der Waals surface area contributed by atoms with Crippen LogP contribution < -0.4 is 10.2 Å². The van der Waals surface area contributed by atoms with Gasteiger partial charge in [0.1, 0.15) is 11.5 Å². The quantitative estimate of drug-likeness (QED) is 0.861.